The van der Waals surface area contributed by atoms with E-state index in [4.69, 9.17) is 11.6 Å². The number of halogens is 2. The van der Waals surface area contributed by atoms with Gasteiger partial charge < -0.3 is 9.80 Å². The van der Waals surface area contributed by atoms with E-state index in [-0.39, 0.29) is 35.4 Å². The molecule has 0 spiro atoms. The lowest BCUT2D eigenvalue weighted by Crippen LogP contribution is -2.52. The maximum absolute atomic E-state index is 14.0. The van der Waals surface area contributed by atoms with Crippen molar-refractivity contribution in [1.29, 1.82) is 0 Å². The zero-order valence-electron chi connectivity index (χ0n) is 16.8. The largest absolute Gasteiger partial charge is 0.321 e. The van der Waals surface area contributed by atoms with Crippen molar-refractivity contribution < 1.29 is 14.0 Å². The van der Waals surface area contributed by atoms with Crippen molar-refractivity contribution in [3.63, 3.8) is 0 Å². The Balaban J connectivity index is 1.87. The minimum absolute atomic E-state index is 0.0565. The number of hydrogen-bond acceptors (Lipinski definition) is 4. The van der Waals surface area contributed by atoms with Gasteiger partial charge in [0, 0.05) is 17.5 Å². The first-order chi connectivity index (χ1) is 14.3. The molecule has 1 unspecified atom stereocenters. The number of aliphatic imine (C=N–C) groups is 1. The van der Waals surface area contributed by atoms with Gasteiger partial charge in [-0.1, -0.05) is 31.5 Å². The highest BCUT2D eigenvalue weighted by Crippen LogP contribution is 2.39. The van der Waals surface area contributed by atoms with Crippen LogP contribution in [0.1, 0.15) is 42.6 Å². The maximum atomic E-state index is 14.0. The van der Waals surface area contributed by atoms with E-state index in [1.807, 2.05) is 18.7 Å². The van der Waals surface area contributed by atoms with Gasteiger partial charge in [-0.25, -0.2) is 14.4 Å². The van der Waals surface area contributed by atoms with E-state index in [2.05, 4.69) is 9.98 Å². The van der Waals surface area contributed by atoms with Gasteiger partial charge >= 0.3 is 0 Å². The van der Waals surface area contributed by atoms with E-state index in [0.717, 1.165) is 11.3 Å². The molecular formula is C22H20ClFN4O2. The Hall–Kier alpha value is -3.06. The average Bonchev–Trinajstić information content (AvgIpc) is 2.69. The monoisotopic (exact) mass is 426 g/mol. The van der Waals surface area contributed by atoms with Gasteiger partial charge in [0.25, 0.3) is 11.8 Å². The van der Waals surface area contributed by atoms with Crippen LogP contribution in [0, 0.1) is 5.82 Å². The minimum atomic E-state index is -0.472. The van der Waals surface area contributed by atoms with E-state index in [1.165, 1.54) is 24.3 Å². The average molecular weight is 427 g/mol. The number of dihydropyridines is 1. The third kappa shape index (κ3) is 3.50. The van der Waals surface area contributed by atoms with E-state index in [9.17, 15) is 14.0 Å². The van der Waals surface area contributed by atoms with Gasteiger partial charge in [-0.15, -0.1) is 0 Å². The molecule has 0 aliphatic carbocycles. The van der Waals surface area contributed by atoms with Gasteiger partial charge in [-0.05, 0) is 42.7 Å². The standard InChI is InChI=1S/C22H20ClFN4O2/c1-12(2)15-8-14(24)4-5-18(15)27-11-28(17-6-7-21(29)26-13(17)3)22(30)16-9-20(23)25-10-19(16)27/h4-10,12,17H,11H2,1-3H3. The van der Waals surface area contributed by atoms with Crippen molar-refractivity contribution in [2.75, 3.05) is 11.6 Å². The van der Waals surface area contributed by atoms with E-state index in [1.54, 1.807) is 30.2 Å². The molecule has 8 heteroatoms. The lowest BCUT2D eigenvalue weighted by atomic mass is 9.98. The van der Waals surface area contributed by atoms with E-state index < -0.39 is 6.04 Å². The number of nitrogens with zero attached hydrogens (tertiary/aromatic N) is 4. The molecule has 6 nitrogen and oxygen atoms in total. The van der Waals surface area contributed by atoms with Crippen LogP contribution in [0.3, 0.4) is 0 Å². The minimum Gasteiger partial charge on any atom is -0.321 e. The highest BCUT2D eigenvalue weighted by molar-refractivity contribution is 6.30. The third-order valence-corrected chi connectivity index (χ3v) is 5.51. The van der Waals surface area contributed by atoms with Crippen molar-refractivity contribution in [3.8, 4) is 0 Å². The fraction of sp³-hybridized carbons (Fsp3) is 0.273. The Morgan fingerprint density at radius 3 is 2.67 bits per heavy atom. The molecule has 1 aromatic heterocycles. The van der Waals surface area contributed by atoms with E-state index in [0.29, 0.717) is 17.0 Å². The van der Waals surface area contributed by atoms with Gasteiger partial charge in [-0.2, -0.15) is 0 Å². The molecule has 3 heterocycles. The summed E-state index contributed by atoms with van der Waals surface area (Å²) in [5, 5.41) is 0.201. The number of carbonyl (C=O) groups is 2. The lowest BCUT2D eigenvalue weighted by molar-refractivity contribution is -0.113. The van der Waals surface area contributed by atoms with Gasteiger partial charge in [0.05, 0.1) is 30.2 Å². The molecule has 2 aromatic rings. The summed E-state index contributed by atoms with van der Waals surface area (Å²) in [4.78, 5) is 36.6. The summed E-state index contributed by atoms with van der Waals surface area (Å²) in [6, 6.07) is 5.67. The second-order valence-electron chi connectivity index (χ2n) is 7.62. The Morgan fingerprint density at radius 1 is 1.20 bits per heavy atom. The first-order valence-corrected chi connectivity index (χ1v) is 9.95. The molecule has 0 N–H and O–H groups in total. The molecule has 0 bridgehead atoms. The molecular weight excluding hydrogens is 407 g/mol. The fourth-order valence-electron chi connectivity index (χ4n) is 3.83. The van der Waals surface area contributed by atoms with Gasteiger partial charge in [0.1, 0.15) is 11.0 Å². The second-order valence-corrected chi connectivity index (χ2v) is 8.01. The zero-order valence-corrected chi connectivity index (χ0v) is 17.5. The quantitative estimate of drug-likeness (QED) is 0.679. The predicted molar refractivity (Wildman–Crippen MR) is 114 cm³/mol. The summed E-state index contributed by atoms with van der Waals surface area (Å²) in [6.45, 7) is 5.88. The number of carbonyl (C=O) groups excluding carboxylic acids is 2. The number of anilines is 2. The van der Waals surface area contributed by atoms with Gasteiger partial charge in [-0.3, -0.25) is 9.59 Å². The van der Waals surface area contributed by atoms with Crippen LogP contribution in [0.4, 0.5) is 15.8 Å². The normalized spacial score (nSPS) is 18.7. The summed E-state index contributed by atoms with van der Waals surface area (Å²) in [5.74, 6) is -0.852. The molecule has 154 valence electrons. The Morgan fingerprint density at radius 2 is 1.97 bits per heavy atom. The summed E-state index contributed by atoms with van der Waals surface area (Å²) in [6.07, 6.45) is 4.59. The van der Waals surface area contributed by atoms with Crippen LogP contribution in [0.15, 0.2) is 47.6 Å². The Kier molecular flexibility index (Phi) is 5.15. The van der Waals surface area contributed by atoms with E-state index >= 15 is 0 Å². The number of benzene rings is 1. The molecule has 1 atom stereocenters. The number of amides is 2. The van der Waals surface area contributed by atoms with Crippen molar-refractivity contribution in [2.24, 2.45) is 4.99 Å². The summed E-state index contributed by atoms with van der Waals surface area (Å²) >= 11 is 6.09. The van der Waals surface area contributed by atoms with Crippen molar-refractivity contribution in [3.05, 3.63) is 64.7 Å². The van der Waals surface area contributed by atoms with Crippen LogP contribution in [0.2, 0.25) is 5.15 Å². The smallest absolute Gasteiger partial charge is 0.269 e. The van der Waals surface area contributed by atoms with Gasteiger partial charge in [0.15, 0.2) is 0 Å². The SMILES string of the molecule is CC1=NC(=O)C=CC1N1CN(c2ccc(F)cc2C(C)C)c2cnc(Cl)cc2C1=O. The van der Waals surface area contributed by atoms with Gasteiger partial charge in [0.2, 0.25) is 0 Å². The molecule has 1 aromatic carbocycles. The molecule has 0 fully saturated rings. The van der Waals surface area contributed by atoms with Crippen LogP contribution in [0.25, 0.3) is 0 Å². The number of pyridine rings is 1. The topological polar surface area (TPSA) is 65.9 Å². The first kappa shape index (κ1) is 20.2. The van der Waals surface area contributed by atoms with Crippen molar-refractivity contribution in [1.82, 2.24) is 9.88 Å². The molecule has 0 radical (unpaired) electrons. The number of aromatic nitrogens is 1. The summed E-state index contributed by atoms with van der Waals surface area (Å²) < 4.78 is 14.0. The molecule has 2 aliphatic heterocycles. The number of rotatable bonds is 3. The van der Waals surface area contributed by atoms with Crippen LogP contribution in [0.5, 0.6) is 0 Å². The zero-order chi connectivity index (χ0) is 21.6. The highest BCUT2D eigenvalue weighted by Gasteiger charge is 2.36. The predicted octanol–water partition coefficient (Wildman–Crippen LogP) is 4.47. The fourth-order valence-corrected chi connectivity index (χ4v) is 3.99. The molecule has 2 aliphatic rings. The van der Waals surface area contributed by atoms with Crippen LogP contribution < -0.4 is 4.90 Å². The number of fused-ring (bicyclic) bond motifs is 1. The number of hydrogen-bond donors (Lipinski definition) is 0. The molecule has 0 saturated heterocycles. The lowest BCUT2D eigenvalue weighted by Gasteiger charge is -2.42. The Bertz CT molecular complexity index is 1110. The molecule has 4 rings (SSSR count). The molecule has 2 amide bonds. The van der Waals surface area contributed by atoms with Crippen LogP contribution in [-0.2, 0) is 4.79 Å². The summed E-state index contributed by atoms with van der Waals surface area (Å²) in [7, 11) is 0. The van der Waals surface area contributed by atoms with Crippen LogP contribution in [-0.4, -0.2) is 40.1 Å². The highest BCUT2D eigenvalue weighted by atomic mass is 35.5. The van der Waals surface area contributed by atoms with Crippen LogP contribution >= 0.6 is 11.6 Å². The third-order valence-electron chi connectivity index (χ3n) is 5.30. The Labute approximate surface area is 178 Å². The second kappa shape index (κ2) is 7.65. The maximum Gasteiger partial charge on any atom is 0.269 e. The van der Waals surface area contributed by atoms with Crippen molar-refractivity contribution in [2.45, 2.75) is 32.7 Å². The molecule has 0 saturated carbocycles. The summed E-state index contributed by atoms with van der Waals surface area (Å²) in [5.41, 5.74) is 3.10. The van der Waals surface area contributed by atoms with Crippen molar-refractivity contribution >= 4 is 40.5 Å². The molecule has 30 heavy (non-hydrogen) atoms. The first-order valence-electron chi connectivity index (χ1n) is 9.57.